The van der Waals surface area contributed by atoms with Gasteiger partial charge in [0, 0.05) is 31.2 Å². The lowest BCUT2D eigenvalue weighted by molar-refractivity contribution is -0.150. The molecular weight excluding hydrogens is 349 g/mol. The summed E-state index contributed by atoms with van der Waals surface area (Å²) in [5.41, 5.74) is 0.858. The highest BCUT2D eigenvalue weighted by Gasteiger charge is 2.31. The van der Waals surface area contributed by atoms with Gasteiger partial charge in [0.1, 0.15) is 5.82 Å². The monoisotopic (exact) mass is 367 g/mol. The van der Waals surface area contributed by atoms with Crippen LogP contribution in [0.3, 0.4) is 0 Å². The van der Waals surface area contributed by atoms with Gasteiger partial charge in [0.2, 0.25) is 0 Å². The van der Waals surface area contributed by atoms with Gasteiger partial charge in [0.05, 0.1) is 29.1 Å². The largest absolute Gasteiger partial charge is 0.466 e. The number of hydrogen-bond acceptors (Lipinski definition) is 4. The van der Waals surface area contributed by atoms with Crippen molar-refractivity contribution in [2.45, 2.75) is 37.8 Å². The molecule has 4 rings (SSSR count). The Labute approximate surface area is 148 Å². The number of nitrogens with one attached hydrogen (secondary N) is 1. The minimum absolute atomic E-state index is 0.0124. The maximum Gasteiger partial charge on any atom is 0.326 e. The summed E-state index contributed by atoms with van der Waals surface area (Å²) in [4.78, 5) is 28.8. The molecule has 6 nitrogen and oxygen atoms in total. The second kappa shape index (κ2) is 6.46. The zero-order valence-electron chi connectivity index (χ0n) is 13.6. The maximum absolute atomic E-state index is 13.6. The molecule has 25 heavy (non-hydrogen) atoms. The molecule has 1 N–H and O–H groups in total. The van der Waals surface area contributed by atoms with Gasteiger partial charge >= 0.3 is 11.7 Å². The molecule has 134 valence electrons. The van der Waals surface area contributed by atoms with Gasteiger partial charge in [0.15, 0.2) is 0 Å². The quantitative estimate of drug-likeness (QED) is 0.828. The number of carbonyl (C=O) groups excluding carboxylic acids is 1. The Kier molecular flexibility index (Phi) is 4.29. The van der Waals surface area contributed by atoms with E-state index in [1.807, 2.05) is 0 Å². The van der Waals surface area contributed by atoms with Crippen LogP contribution in [0.25, 0.3) is 11.0 Å². The molecule has 0 aliphatic carbocycles. The van der Waals surface area contributed by atoms with Crippen LogP contribution in [0.1, 0.15) is 31.7 Å². The van der Waals surface area contributed by atoms with Crippen molar-refractivity contribution in [2.75, 3.05) is 19.7 Å². The van der Waals surface area contributed by atoms with E-state index >= 15 is 0 Å². The topological polar surface area (TPSA) is 67.3 Å². The van der Waals surface area contributed by atoms with E-state index in [1.165, 1.54) is 12.1 Å². The van der Waals surface area contributed by atoms with Gasteiger partial charge in [-0.1, -0.05) is 11.6 Å². The molecule has 1 atom stereocenters. The molecule has 0 saturated carbocycles. The molecule has 2 saturated heterocycles. The van der Waals surface area contributed by atoms with E-state index in [-0.39, 0.29) is 28.8 Å². The Balaban J connectivity index is 1.54. The molecule has 2 aliphatic heterocycles. The van der Waals surface area contributed by atoms with Crippen LogP contribution in [0.15, 0.2) is 16.9 Å². The highest BCUT2D eigenvalue weighted by atomic mass is 35.5. The summed E-state index contributed by atoms with van der Waals surface area (Å²) in [6.45, 7) is 2.11. The van der Waals surface area contributed by atoms with Gasteiger partial charge in [-0.2, -0.15) is 0 Å². The Morgan fingerprint density at radius 2 is 1.92 bits per heavy atom. The summed E-state index contributed by atoms with van der Waals surface area (Å²) in [6, 6.07) is 3.03. The van der Waals surface area contributed by atoms with Crippen LogP contribution in [-0.2, 0) is 9.53 Å². The highest BCUT2D eigenvalue weighted by Crippen LogP contribution is 2.29. The molecule has 3 heterocycles. The molecule has 0 bridgehead atoms. The molecule has 2 aromatic rings. The van der Waals surface area contributed by atoms with Gasteiger partial charge in [-0.3, -0.25) is 14.3 Å². The molecule has 2 fully saturated rings. The number of H-pyrrole nitrogens is 1. The zero-order valence-corrected chi connectivity index (χ0v) is 14.4. The molecule has 1 aromatic carbocycles. The first-order chi connectivity index (χ1) is 12.0. The highest BCUT2D eigenvalue weighted by molar-refractivity contribution is 6.31. The number of piperidine rings is 1. The van der Waals surface area contributed by atoms with Gasteiger partial charge in [-0.15, -0.1) is 0 Å². The van der Waals surface area contributed by atoms with Gasteiger partial charge in [-0.25, -0.2) is 9.18 Å². The molecule has 0 amide bonds. The second-order valence-electron chi connectivity index (χ2n) is 6.72. The zero-order chi connectivity index (χ0) is 17.6. The van der Waals surface area contributed by atoms with Crippen molar-refractivity contribution in [3.05, 3.63) is 33.5 Å². The minimum Gasteiger partial charge on any atom is -0.466 e. The number of rotatable bonds is 2. The fourth-order valence-electron chi connectivity index (χ4n) is 3.97. The summed E-state index contributed by atoms with van der Waals surface area (Å²) >= 11 is 5.89. The van der Waals surface area contributed by atoms with Gasteiger partial charge in [0.25, 0.3) is 0 Å². The SMILES string of the molecule is O=C1CC(N2CCC(n3c(=O)[nH]c4cc(F)c(Cl)cc43)CC2)CCO1. The van der Waals surface area contributed by atoms with E-state index in [0.29, 0.717) is 24.1 Å². The lowest BCUT2D eigenvalue weighted by Crippen LogP contribution is -2.46. The van der Waals surface area contributed by atoms with Crippen molar-refractivity contribution >= 4 is 28.6 Å². The van der Waals surface area contributed by atoms with E-state index in [0.717, 1.165) is 32.4 Å². The van der Waals surface area contributed by atoms with E-state index < -0.39 is 5.82 Å². The smallest absolute Gasteiger partial charge is 0.326 e. The summed E-state index contributed by atoms with van der Waals surface area (Å²) < 4.78 is 20.3. The van der Waals surface area contributed by atoms with Crippen molar-refractivity contribution < 1.29 is 13.9 Å². The van der Waals surface area contributed by atoms with Crippen molar-refractivity contribution in [1.29, 1.82) is 0 Å². The predicted octanol–water partition coefficient (Wildman–Crippen LogP) is 2.46. The molecular formula is C17H19ClFN3O3. The number of likely N-dealkylation sites (tertiary alicyclic amines) is 1. The number of esters is 1. The first-order valence-corrected chi connectivity index (χ1v) is 8.89. The number of hydrogen-bond donors (Lipinski definition) is 1. The average molecular weight is 368 g/mol. The van der Waals surface area contributed by atoms with Crippen LogP contribution >= 0.6 is 11.6 Å². The van der Waals surface area contributed by atoms with Crippen molar-refractivity contribution in [3.63, 3.8) is 0 Å². The summed E-state index contributed by atoms with van der Waals surface area (Å²) in [5.74, 6) is -0.676. The number of cyclic esters (lactones) is 1. The third-order valence-electron chi connectivity index (χ3n) is 5.26. The molecule has 8 heteroatoms. The summed E-state index contributed by atoms with van der Waals surface area (Å²) in [5, 5.41) is 0.0124. The number of fused-ring (bicyclic) bond motifs is 1. The van der Waals surface area contributed by atoms with Crippen LogP contribution in [0.2, 0.25) is 5.02 Å². The van der Waals surface area contributed by atoms with Crippen molar-refractivity contribution in [2.24, 2.45) is 0 Å². The molecule has 0 spiro atoms. The lowest BCUT2D eigenvalue weighted by atomic mass is 9.99. The minimum atomic E-state index is -0.540. The first-order valence-electron chi connectivity index (χ1n) is 8.52. The fourth-order valence-corrected chi connectivity index (χ4v) is 4.12. The van der Waals surface area contributed by atoms with Crippen LogP contribution in [0.5, 0.6) is 0 Å². The normalized spacial score (nSPS) is 23.1. The molecule has 1 unspecified atom stereocenters. The van der Waals surface area contributed by atoms with E-state index in [9.17, 15) is 14.0 Å². The van der Waals surface area contributed by atoms with Crippen LogP contribution in [-0.4, -0.2) is 46.2 Å². The number of aromatic nitrogens is 2. The molecule has 0 radical (unpaired) electrons. The van der Waals surface area contributed by atoms with Crippen LogP contribution < -0.4 is 5.69 Å². The number of imidazole rings is 1. The van der Waals surface area contributed by atoms with E-state index in [2.05, 4.69) is 9.88 Å². The number of ether oxygens (including phenoxy) is 1. The Bertz CT molecular complexity index is 870. The van der Waals surface area contributed by atoms with E-state index in [1.54, 1.807) is 4.57 Å². The number of halogens is 2. The lowest BCUT2D eigenvalue weighted by Gasteiger charge is -2.38. The van der Waals surface area contributed by atoms with Gasteiger partial charge in [-0.05, 0) is 25.3 Å². The van der Waals surface area contributed by atoms with Crippen LogP contribution in [0, 0.1) is 5.82 Å². The second-order valence-corrected chi connectivity index (χ2v) is 7.13. The number of aromatic amines is 1. The van der Waals surface area contributed by atoms with E-state index in [4.69, 9.17) is 16.3 Å². The fraction of sp³-hybridized carbons (Fsp3) is 0.529. The third kappa shape index (κ3) is 3.06. The van der Waals surface area contributed by atoms with Crippen molar-refractivity contribution in [1.82, 2.24) is 14.5 Å². The number of nitrogens with zero attached hydrogens (tertiary/aromatic N) is 2. The first kappa shape index (κ1) is 16.6. The summed E-state index contributed by atoms with van der Waals surface area (Å²) in [7, 11) is 0. The molecule has 1 aromatic heterocycles. The number of carbonyl (C=O) groups is 1. The Hall–Kier alpha value is -1.86. The standard InChI is InChI=1S/C17H19ClFN3O3/c18-12-8-15-14(9-13(12)19)20-17(24)22(15)10-1-4-21(5-2-10)11-3-6-25-16(23)7-11/h8-11H,1-7H2,(H,20,24). The predicted molar refractivity (Wildman–Crippen MR) is 91.4 cm³/mol. The number of benzene rings is 1. The van der Waals surface area contributed by atoms with Crippen molar-refractivity contribution in [3.8, 4) is 0 Å². The average Bonchev–Trinajstić information content (AvgIpc) is 2.90. The maximum atomic E-state index is 13.6. The Morgan fingerprint density at radius 3 is 2.64 bits per heavy atom. The summed E-state index contributed by atoms with van der Waals surface area (Å²) in [6.07, 6.45) is 2.89. The van der Waals surface area contributed by atoms with Crippen LogP contribution in [0.4, 0.5) is 4.39 Å². The Morgan fingerprint density at radius 1 is 1.16 bits per heavy atom. The third-order valence-corrected chi connectivity index (χ3v) is 5.55. The van der Waals surface area contributed by atoms with Gasteiger partial charge < -0.3 is 9.72 Å². The molecule has 2 aliphatic rings.